The number of carbonyl (C=O) groups is 1. The van der Waals surface area contributed by atoms with Gasteiger partial charge in [-0.1, -0.05) is 60.7 Å². The number of hydrogen-bond acceptors (Lipinski definition) is 3. The van der Waals surface area contributed by atoms with E-state index >= 15 is 0 Å². The van der Waals surface area contributed by atoms with E-state index in [4.69, 9.17) is 4.42 Å². The van der Waals surface area contributed by atoms with Gasteiger partial charge in [-0.25, -0.2) is 4.39 Å². The van der Waals surface area contributed by atoms with Gasteiger partial charge in [0.2, 0.25) is 0 Å². The summed E-state index contributed by atoms with van der Waals surface area (Å²) in [5, 5.41) is 0.981. The normalized spacial score (nSPS) is 15.8. The van der Waals surface area contributed by atoms with Gasteiger partial charge in [0.15, 0.2) is 5.76 Å². The van der Waals surface area contributed by atoms with E-state index in [0.717, 1.165) is 40.7 Å². The molecular formula is C27H25FN2O2. The van der Waals surface area contributed by atoms with Gasteiger partial charge < -0.3 is 9.32 Å². The molecule has 1 aromatic heterocycles. The van der Waals surface area contributed by atoms with Gasteiger partial charge in [0.1, 0.15) is 11.4 Å². The van der Waals surface area contributed by atoms with E-state index in [1.807, 2.05) is 66.4 Å². The van der Waals surface area contributed by atoms with Crippen LogP contribution in [0, 0.1) is 12.7 Å². The molecule has 1 saturated heterocycles. The topological polar surface area (TPSA) is 36.7 Å². The van der Waals surface area contributed by atoms with Crippen LogP contribution in [0.25, 0.3) is 11.0 Å². The molecule has 32 heavy (non-hydrogen) atoms. The smallest absolute Gasteiger partial charge is 0.289 e. The average molecular weight is 429 g/mol. The Hall–Kier alpha value is -3.44. The first-order chi connectivity index (χ1) is 15.6. The van der Waals surface area contributed by atoms with E-state index in [-0.39, 0.29) is 17.8 Å². The Balaban J connectivity index is 1.36. The second kappa shape index (κ2) is 8.60. The Bertz CT molecular complexity index is 1230. The van der Waals surface area contributed by atoms with Gasteiger partial charge in [0, 0.05) is 37.1 Å². The number of rotatable bonds is 4. The van der Waals surface area contributed by atoms with Crippen LogP contribution in [0.2, 0.25) is 0 Å². The monoisotopic (exact) mass is 428 g/mol. The van der Waals surface area contributed by atoms with Crippen molar-refractivity contribution in [1.82, 2.24) is 9.80 Å². The third-order valence-electron chi connectivity index (χ3n) is 6.31. The van der Waals surface area contributed by atoms with E-state index in [1.54, 1.807) is 0 Å². The molecule has 0 unspecified atom stereocenters. The molecule has 5 rings (SSSR count). The zero-order chi connectivity index (χ0) is 22.1. The Morgan fingerprint density at radius 1 is 0.844 bits per heavy atom. The minimum Gasteiger partial charge on any atom is -0.451 e. The number of amides is 1. The molecule has 4 nitrogen and oxygen atoms in total. The lowest BCUT2D eigenvalue weighted by molar-refractivity contribution is 0.0569. The third kappa shape index (κ3) is 3.80. The van der Waals surface area contributed by atoms with Crippen molar-refractivity contribution in [3.05, 3.63) is 107 Å². The Labute approximate surface area is 186 Å². The predicted molar refractivity (Wildman–Crippen MR) is 123 cm³/mol. The molecule has 0 radical (unpaired) electrons. The van der Waals surface area contributed by atoms with Crippen molar-refractivity contribution in [1.29, 1.82) is 0 Å². The van der Waals surface area contributed by atoms with Crippen LogP contribution < -0.4 is 0 Å². The zero-order valence-electron chi connectivity index (χ0n) is 18.0. The molecule has 1 amide bonds. The molecule has 162 valence electrons. The van der Waals surface area contributed by atoms with Gasteiger partial charge in [-0.2, -0.15) is 0 Å². The molecule has 1 fully saturated rings. The number of furan rings is 1. The summed E-state index contributed by atoms with van der Waals surface area (Å²) in [5.41, 5.74) is 3.84. The number of hydrogen-bond donors (Lipinski definition) is 0. The summed E-state index contributed by atoms with van der Waals surface area (Å²) in [7, 11) is 0. The van der Waals surface area contributed by atoms with Crippen LogP contribution in [0.15, 0.2) is 83.3 Å². The number of aryl methyl sites for hydroxylation is 1. The zero-order valence-corrected chi connectivity index (χ0v) is 18.0. The van der Waals surface area contributed by atoms with Crippen LogP contribution in [0.1, 0.15) is 33.3 Å². The molecular weight excluding hydrogens is 403 g/mol. The highest BCUT2D eigenvalue weighted by molar-refractivity contribution is 5.99. The van der Waals surface area contributed by atoms with Crippen LogP contribution in [-0.2, 0) is 0 Å². The number of halogens is 1. The van der Waals surface area contributed by atoms with Crippen molar-refractivity contribution in [2.75, 3.05) is 26.2 Å². The number of piperazine rings is 1. The summed E-state index contributed by atoms with van der Waals surface area (Å²) in [5.74, 6) is 0.131. The van der Waals surface area contributed by atoms with Crippen molar-refractivity contribution in [3.8, 4) is 0 Å². The van der Waals surface area contributed by atoms with Gasteiger partial charge in [-0.05, 0) is 36.2 Å². The van der Waals surface area contributed by atoms with Crippen LogP contribution >= 0.6 is 0 Å². The van der Waals surface area contributed by atoms with Gasteiger partial charge in [0.05, 0.1) is 6.04 Å². The predicted octanol–water partition coefficient (Wildman–Crippen LogP) is 5.43. The lowest BCUT2D eigenvalue weighted by Crippen LogP contribution is -2.49. The van der Waals surface area contributed by atoms with Crippen LogP contribution in [0.3, 0.4) is 0 Å². The summed E-state index contributed by atoms with van der Waals surface area (Å²) in [6.07, 6.45) is 0. The highest BCUT2D eigenvalue weighted by Crippen LogP contribution is 2.31. The van der Waals surface area contributed by atoms with Gasteiger partial charge >= 0.3 is 0 Å². The largest absolute Gasteiger partial charge is 0.451 e. The van der Waals surface area contributed by atoms with E-state index in [2.05, 4.69) is 17.0 Å². The Kier molecular flexibility index (Phi) is 5.50. The fourth-order valence-corrected chi connectivity index (χ4v) is 4.60. The molecule has 4 aromatic rings. The van der Waals surface area contributed by atoms with Crippen LogP contribution in [-0.4, -0.2) is 41.9 Å². The molecule has 0 aliphatic carbocycles. The lowest BCUT2D eigenvalue weighted by atomic mass is 9.96. The first-order valence-corrected chi connectivity index (χ1v) is 10.9. The molecule has 0 N–H and O–H groups in total. The quantitative estimate of drug-likeness (QED) is 0.435. The number of fused-ring (bicyclic) bond motifs is 1. The number of nitrogens with zero attached hydrogens (tertiary/aromatic N) is 2. The van der Waals surface area contributed by atoms with E-state index in [1.165, 1.54) is 12.1 Å². The first kappa shape index (κ1) is 20.5. The van der Waals surface area contributed by atoms with Crippen LogP contribution in [0.5, 0.6) is 0 Å². The maximum atomic E-state index is 13.5. The number of para-hydroxylation sites is 1. The molecule has 1 atom stereocenters. The molecule has 1 aliphatic heterocycles. The summed E-state index contributed by atoms with van der Waals surface area (Å²) < 4.78 is 19.4. The summed E-state index contributed by atoms with van der Waals surface area (Å²) in [6, 6.07) is 24.7. The van der Waals surface area contributed by atoms with Gasteiger partial charge in [-0.15, -0.1) is 0 Å². The fraction of sp³-hybridized carbons (Fsp3) is 0.222. The number of carbonyl (C=O) groups excluding carboxylic acids is 1. The minimum atomic E-state index is -0.239. The van der Waals surface area contributed by atoms with Crippen molar-refractivity contribution in [3.63, 3.8) is 0 Å². The maximum absolute atomic E-state index is 13.5. The second-order valence-corrected chi connectivity index (χ2v) is 8.25. The summed E-state index contributed by atoms with van der Waals surface area (Å²) >= 11 is 0. The first-order valence-electron chi connectivity index (χ1n) is 10.9. The third-order valence-corrected chi connectivity index (χ3v) is 6.31. The molecule has 0 spiro atoms. The maximum Gasteiger partial charge on any atom is 0.289 e. The second-order valence-electron chi connectivity index (χ2n) is 8.25. The molecule has 0 saturated carbocycles. The highest BCUT2D eigenvalue weighted by Gasteiger charge is 2.30. The highest BCUT2D eigenvalue weighted by atomic mass is 19.1. The van der Waals surface area contributed by atoms with E-state index < -0.39 is 0 Å². The van der Waals surface area contributed by atoms with Crippen LogP contribution in [0.4, 0.5) is 4.39 Å². The van der Waals surface area contributed by atoms with Gasteiger partial charge in [0.25, 0.3) is 5.91 Å². The van der Waals surface area contributed by atoms with E-state index in [9.17, 15) is 9.18 Å². The fourth-order valence-electron chi connectivity index (χ4n) is 4.60. The van der Waals surface area contributed by atoms with E-state index in [0.29, 0.717) is 18.8 Å². The summed E-state index contributed by atoms with van der Waals surface area (Å²) in [6.45, 7) is 4.61. The standard InChI is InChI=1S/C27H25FN2O2/c1-19-23-9-5-6-10-24(23)32-26(19)27(31)30-17-15-29(16-18-30)25(20-7-3-2-4-8-20)21-11-13-22(28)14-12-21/h2-14,25H,15-18H2,1H3/t25-/m1/s1. The molecule has 5 heteroatoms. The average Bonchev–Trinajstić information content (AvgIpc) is 3.18. The Morgan fingerprint density at radius 3 is 2.16 bits per heavy atom. The molecule has 3 aromatic carbocycles. The van der Waals surface area contributed by atoms with Crippen molar-refractivity contribution < 1.29 is 13.6 Å². The molecule has 2 heterocycles. The van der Waals surface area contributed by atoms with Crippen molar-refractivity contribution >= 4 is 16.9 Å². The minimum absolute atomic E-state index is 0.0157. The van der Waals surface area contributed by atoms with Crippen molar-refractivity contribution in [2.24, 2.45) is 0 Å². The SMILES string of the molecule is Cc1c(C(=O)N2CCN([C@H](c3ccccc3)c3ccc(F)cc3)CC2)oc2ccccc12. The van der Waals surface area contributed by atoms with Crippen molar-refractivity contribution in [2.45, 2.75) is 13.0 Å². The van der Waals surface area contributed by atoms with Gasteiger partial charge in [-0.3, -0.25) is 9.69 Å². The molecule has 0 bridgehead atoms. The molecule has 1 aliphatic rings. The number of benzene rings is 3. The summed E-state index contributed by atoms with van der Waals surface area (Å²) in [4.78, 5) is 17.4. The Morgan fingerprint density at radius 2 is 1.47 bits per heavy atom. The lowest BCUT2D eigenvalue weighted by Gasteiger charge is -2.39.